The third-order valence-corrected chi connectivity index (χ3v) is 7.40. The third kappa shape index (κ3) is 3.36. The van der Waals surface area contributed by atoms with Gasteiger partial charge in [-0.3, -0.25) is 0 Å². The van der Waals surface area contributed by atoms with Gasteiger partial charge < -0.3 is 4.74 Å². The summed E-state index contributed by atoms with van der Waals surface area (Å²) in [6.45, 7) is 1.04. The summed E-state index contributed by atoms with van der Waals surface area (Å²) in [6, 6.07) is 15.0. The van der Waals surface area contributed by atoms with E-state index in [2.05, 4.69) is 22.0 Å². The van der Waals surface area contributed by atoms with Crippen LogP contribution in [0.15, 0.2) is 57.9 Å². The van der Waals surface area contributed by atoms with Crippen LogP contribution >= 0.6 is 15.9 Å². The lowest BCUT2D eigenvalue weighted by atomic mass is 9.89. The van der Waals surface area contributed by atoms with E-state index in [1.165, 1.54) is 0 Å². The van der Waals surface area contributed by atoms with Crippen LogP contribution in [-0.2, 0) is 10.0 Å². The Labute approximate surface area is 151 Å². The molecule has 6 heteroatoms. The van der Waals surface area contributed by atoms with Gasteiger partial charge in [-0.25, -0.2) is 8.42 Å². The number of ether oxygens (including phenoxy) is 1. The number of para-hydroxylation sites is 1. The van der Waals surface area contributed by atoms with Gasteiger partial charge >= 0.3 is 0 Å². The van der Waals surface area contributed by atoms with E-state index in [0.29, 0.717) is 28.4 Å². The van der Waals surface area contributed by atoms with Gasteiger partial charge in [0.25, 0.3) is 0 Å². The quantitative estimate of drug-likeness (QED) is 0.765. The Morgan fingerprint density at radius 2 is 1.67 bits per heavy atom. The Bertz CT molecular complexity index is 815. The van der Waals surface area contributed by atoms with Crippen LogP contribution in [0.3, 0.4) is 0 Å². The average molecular weight is 410 g/mol. The maximum absolute atomic E-state index is 12.8. The zero-order valence-electron chi connectivity index (χ0n) is 13.5. The molecule has 2 aromatic rings. The minimum absolute atomic E-state index is 0.326. The van der Waals surface area contributed by atoms with Crippen LogP contribution in [0.25, 0.3) is 0 Å². The van der Waals surface area contributed by atoms with Crippen LogP contribution in [-0.4, -0.2) is 32.9 Å². The molecule has 0 N–H and O–H groups in total. The first-order valence-corrected chi connectivity index (χ1v) is 10.1. The second-order valence-corrected chi connectivity index (χ2v) is 8.61. The van der Waals surface area contributed by atoms with Gasteiger partial charge in [-0.15, -0.1) is 0 Å². The van der Waals surface area contributed by atoms with Gasteiger partial charge in [0, 0.05) is 17.6 Å². The fourth-order valence-corrected chi connectivity index (χ4v) is 5.64. The maximum Gasteiger partial charge on any atom is 0.244 e. The fraction of sp³-hybridized carbons (Fsp3) is 0.333. The first-order chi connectivity index (χ1) is 11.5. The van der Waals surface area contributed by atoms with Crippen LogP contribution in [0, 0.1) is 0 Å². The highest BCUT2D eigenvalue weighted by molar-refractivity contribution is 9.10. The van der Waals surface area contributed by atoms with Gasteiger partial charge in [0.15, 0.2) is 0 Å². The van der Waals surface area contributed by atoms with Crippen molar-refractivity contribution < 1.29 is 13.2 Å². The van der Waals surface area contributed by atoms with Crippen molar-refractivity contribution in [2.24, 2.45) is 0 Å². The number of nitrogens with zero attached hydrogens (tertiary/aromatic N) is 1. The summed E-state index contributed by atoms with van der Waals surface area (Å²) in [6.07, 6.45) is 1.59. The minimum Gasteiger partial charge on any atom is -0.496 e. The zero-order valence-corrected chi connectivity index (χ0v) is 15.9. The van der Waals surface area contributed by atoms with Crippen molar-refractivity contribution in [3.05, 3.63) is 58.6 Å². The molecule has 0 unspecified atom stereocenters. The summed E-state index contributed by atoms with van der Waals surface area (Å²) in [7, 11) is -1.79. The lowest BCUT2D eigenvalue weighted by Crippen LogP contribution is -2.38. The molecule has 24 heavy (non-hydrogen) atoms. The van der Waals surface area contributed by atoms with Crippen LogP contribution in [0.4, 0.5) is 0 Å². The van der Waals surface area contributed by atoms with Gasteiger partial charge in [0.1, 0.15) is 5.75 Å². The maximum atomic E-state index is 12.8. The topological polar surface area (TPSA) is 46.6 Å². The molecule has 1 aliphatic rings. The van der Waals surface area contributed by atoms with E-state index in [1.54, 1.807) is 29.6 Å². The summed E-state index contributed by atoms with van der Waals surface area (Å²) in [5, 5.41) is 0. The van der Waals surface area contributed by atoms with Crippen molar-refractivity contribution in [3.8, 4) is 5.75 Å². The van der Waals surface area contributed by atoms with E-state index in [4.69, 9.17) is 4.74 Å². The van der Waals surface area contributed by atoms with Gasteiger partial charge in [-0.1, -0.05) is 30.3 Å². The molecule has 0 spiro atoms. The van der Waals surface area contributed by atoms with Crippen molar-refractivity contribution in [2.45, 2.75) is 23.7 Å². The molecule has 3 rings (SSSR count). The lowest BCUT2D eigenvalue weighted by molar-refractivity contribution is 0.313. The Morgan fingerprint density at radius 1 is 1.04 bits per heavy atom. The third-order valence-electron chi connectivity index (χ3n) is 4.49. The Kier molecular flexibility index (Phi) is 5.27. The van der Waals surface area contributed by atoms with E-state index in [0.717, 1.165) is 24.2 Å². The number of rotatable bonds is 4. The Morgan fingerprint density at radius 3 is 2.33 bits per heavy atom. The predicted octanol–water partition coefficient (Wildman–Crippen LogP) is 4.03. The molecule has 0 atom stereocenters. The summed E-state index contributed by atoms with van der Waals surface area (Å²) in [4.78, 5) is 0.334. The highest BCUT2D eigenvalue weighted by Crippen LogP contribution is 2.36. The van der Waals surface area contributed by atoms with E-state index >= 15 is 0 Å². The molecule has 0 aromatic heterocycles. The fourth-order valence-electron chi connectivity index (χ4n) is 3.20. The zero-order chi connectivity index (χ0) is 17.2. The monoisotopic (exact) mass is 409 g/mol. The molecule has 128 valence electrons. The second kappa shape index (κ2) is 7.25. The molecule has 0 aliphatic carbocycles. The Balaban J connectivity index is 1.77. The Hall–Kier alpha value is -1.37. The largest absolute Gasteiger partial charge is 0.496 e. The summed E-state index contributed by atoms with van der Waals surface area (Å²) < 4.78 is 33.3. The standard InChI is InChI=1S/C18H20BrNO3S/c1-23-17-8-4-2-6-15(17)14-10-12-20(13-11-14)24(21,22)18-9-5-3-7-16(18)19/h2-9,14H,10-13H2,1H3. The number of hydrogen-bond acceptors (Lipinski definition) is 3. The molecule has 1 saturated heterocycles. The van der Waals surface area contributed by atoms with Crippen LogP contribution in [0.2, 0.25) is 0 Å². The average Bonchev–Trinajstić information content (AvgIpc) is 2.62. The normalized spacial score (nSPS) is 16.9. The number of halogens is 1. The molecule has 0 bridgehead atoms. The number of hydrogen-bond donors (Lipinski definition) is 0. The SMILES string of the molecule is COc1ccccc1C1CCN(S(=O)(=O)c2ccccc2Br)CC1. The van der Waals surface area contributed by atoms with Crippen molar-refractivity contribution >= 4 is 26.0 Å². The molecule has 4 nitrogen and oxygen atoms in total. The number of piperidine rings is 1. The minimum atomic E-state index is -3.46. The lowest BCUT2D eigenvalue weighted by Gasteiger charge is -2.32. The molecule has 0 radical (unpaired) electrons. The first kappa shape index (κ1) is 17.5. The molecule has 1 heterocycles. The van der Waals surface area contributed by atoms with Gasteiger partial charge in [-0.2, -0.15) is 4.31 Å². The van der Waals surface area contributed by atoms with E-state index in [-0.39, 0.29) is 0 Å². The van der Waals surface area contributed by atoms with Crippen LogP contribution in [0.1, 0.15) is 24.3 Å². The highest BCUT2D eigenvalue weighted by atomic mass is 79.9. The summed E-state index contributed by atoms with van der Waals surface area (Å²) in [5.74, 6) is 1.21. The van der Waals surface area contributed by atoms with Crippen molar-refractivity contribution in [1.82, 2.24) is 4.31 Å². The highest BCUT2D eigenvalue weighted by Gasteiger charge is 2.31. The van der Waals surface area contributed by atoms with E-state index < -0.39 is 10.0 Å². The smallest absolute Gasteiger partial charge is 0.244 e. The van der Waals surface area contributed by atoms with Gasteiger partial charge in [0.05, 0.1) is 12.0 Å². The van der Waals surface area contributed by atoms with Crippen molar-refractivity contribution in [1.29, 1.82) is 0 Å². The second-order valence-electron chi connectivity index (χ2n) is 5.85. The van der Waals surface area contributed by atoms with E-state index in [9.17, 15) is 8.42 Å². The van der Waals surface area contributed by atoms with Crippen molar-refractivity contribution in [3.63, 3.8) is 0 Å². The molecular formula is C18H20BrNO3S. The van der Waals surface area contributed by atoms with Crippen LogP contribution in [0.5, 0.6) is 5.75 Å². The molecule has 2 aromatic carbocycles. The van der Waals surface area contributed by atoms with Gasteiger partial charge in [0.2, 0.25) is 10.0 Å². The number of benzene rings is 2. The molecule has 1 fully saturated rings. The van der Waals surface area contributed by atoms with Crippen LogP contribution < -0.4 is 4.74 Å². The summed E-state index contributed by atoms with van der Waals surface area (Å²) in [5.41, 5.74) is 1.16. The molecular weight excluding hydrogens is 390 g/mol. The first-order valence-electron chi connectivity index (χ1n) is 7.91. The molecule has 1 aliphatic heterocycles. The van der Waals surface area contributed by atoms with Crippen molar-refractivity contribution in [2.75, 3.05) is 20.2 Å². The molecule has 0 saturated carbocycles. The molecule has 0 amide bonds. The predicted molar refractivity (Wildman–Crippen MR) is 97.9 cm³/mol. The number of methoxy groups -OCH3 is 1. The number of sulfonamides is 1. The summed E-state index contributed by atoms with van der Waals surface area (Å²) >= 11 is 3.34. The van der Waals surface area contributed by atoms with Gasteiger partial charge in [-0.05, 0) is 58.5 Å². The van der Waals surface area contributed by atoms with E-state index in [1.807, 2.05) is 24.3 Å².